The molecule has 0 rings (SSSR count). The summed E-state index contributed by atoms with van der Waals surface area (Å²) >= 11 is 33.3. The molecular weight excluding hydrogens is 429 g/mol. The van der Waals surface area contributed by atoms with Crippen LogP contribution in [-0.2, 0) is 9.47 Å². The molecule has 1 unspecified atom stereocenters. The predicted octanol–water partition coefficient (Wildman–Crippen LogP) is 6.22. The van der Waals surface area contributed by atoms with E-state index < -0.39 is 25.5 Å². The Balaban J connectivity index is 4.53. The first-order valence-electron chi connectivity index (χ1n) is 6.76. The molecule has 0 saturated carbocycles. The van der Waals surface area contributed by atoms with Crippen molar-refractivity contribution in [3.8, 4) is 0 Å². The number of ether oxygens (including phenoxy) is 2. The molecule has 23 heavy (non-hydrogen) atoms. The van der Waals surface area contributed by atoms with E-state index in [9.17, 15) is 0 Å². The number of hydrogen-bond donors (Lipinski definition) is 2. The third-order valence-corrected chi connectivity index (χ3v) is 3.58. The third-order valence-electron chi connectivity index (χ3n) is 2.55. The fourth-order valence-corrected chi connectivity index (χ4v) is 1.73. The molecule has 2 N–H and O–H groups in total. The van der Waals surface area contributed by atoms with Gasteiger partial charge in [0.25, 0.3) is 7.59 Å². The first kappa shape index (κ1) is 23.4. The van der Waals surface area contributed by atoms with E-state index in [1.807, 2.05) is 0 Å². The summed E-state index contributed by atoms with van der Waals surface area (Å²) in [4.78, 5) is 0. The van der Waals surface area contributed by atoms with Crippen LogP contribution in [0.4, 0.5) is 0 Å². The number of halogens is 6. The number of nitrogens with one attached hydrogen (secondary N) is 2. The van der Waals surface area contributed by atoms with Crippen molar-refractivity contribution in [3.05, 3.63) is 12.2 Å². The molecule has 0 heterocycles. The molecule has 0 aromatic rings. The second-order valence-electron chi connectivity index (χ2n) is 4.55. The van der Waals surface area contributed by atoms with Crippen LogP contribution in [0, 0.1) is 10.8 Å². The van der Waals surface area contributed by atoms with Gasteiger partial charge in [0.1, 0.15) is 12.7 Å². The Kier molecular flexibility index (Phi) is 11.3. The molecule has 0 aliphatic carbocycles. The van der Waals surface area contributed by atoms with E-state index in [0.717, 1.165) is 19.3 Å². The van der Waals surface area contributed by atoms with Gasteiger partial charge in [0.15, 0.2) is 0 Å². The van der Waals surface area contributed by atoms with E-state index in [1.165, 1.54) is 0 Å². The lowest BCUT2D eigenvalue weighted by Gasteiger charge is -2.20. The first-order chi connectivity index (χ1) is 10.5. The standard InChI is InChI=1S/C13H18Cl6N2O2/c1-2-3-4-6-9(23-11(21)13(17,18)19)7-5-8-22-10(20)12(14,15)16/h5,7,9,20-21H,2-4,6,8H2,1H3/b7-5-,20-10?,21-11?. The Morgan fingerprint density at radius 1 is 1.00 bits per heavy atom. The monoisotopic (exact) mass is 444 g/mol. The smallest absolute Gasteiger partial charge is 0.265 e. The van der Waals surface area contributed by atoms with E-state index in [1.54, 1.807) is 12.2 Å². The molecule has 0 aliphatic heterocycles. The van der Waals surface area contributed by atoms with E-state index >= 15 is 0 Å². The fourth-order valence-electron chi connectivity index (χ4n) is 1.43. The Labute approximate surface area is 166 Å². The summed E-state index contributed by atoms with van der Waals surface area (Å²) in [7, 11) is 0. The van der Waals surface area contributed by atoms with Crippen LogP contribution in [0.15, 0.2) is 12.2 Å². The topological polar surface area (TPSA) is 66.2 Å². The van der Waals surface area contributed by atoms with Crippen LogP contribution >= 0.6 is 69.6 Å². The molecule has 1 atom stereocenters. The van der Waals surface area contributed by atoms with Crippen LogP contribution in [0.5, 0.6) is 0 Å². The van der Waals surface area contributed by atoms with Crippen molar-refractivity contribution >= 4 is 81.4 Å². The van der Waals surface area contributed by atoms with E-state index in [0.29, 0.717) is 6.42 Å². The highest BCUT2D eigenvalue weighted by atomic mass is 35.6. The minimum atomic E-state index is -1.91. The van der Waals surface area contributed by atoms with Crippen molar-refractivity contribution in [2.24, 2.45) is 0 Å². The zero-order chi connectivity index (χ0) is 18.1. The molecule has 134 valence electrons. The summed E-state index contributed by atoms with van der Waals surface area (Å²) in [6.45, 7) is 2.09. The lowest BCUT2D eigenvalue weighted by Crippen LogP contribution is -2.26. The van der Waals surface area contributed by atoms with Crippen LogP contribution in [0.25, 0.3) is 0 Å². The van der Waals surface area contributed by atoms with Crippen LogP contribution in [0.1, 0.15) is 32.6 Å². The fraction of sp³-hybridized carbons (Fsp3) is 0.692. The third kappa shape index (κ3) is 11.6. The molecule has 0 bridgehead atoms. The maximum absolute atomic E-state index is 7.61. The summed E-state index contributed by atoms with van der Waals surface area (Å²) in [5, 5.41) is 15.0. The molecular formula is C13H18Cl6N2O2. The van der Waals surface area contributed by atoms with E-state index in [-0.39, 0.29) is 6.61 Å². The molecule has 10 heteroatoms. The second kappa shape index (κ2) is 11.1. The quantitative estimate of drug-likeness (QED) is 0.153. The summed E-state index contributed by atoms with van der Waals surface area (Å²) < 4.78 is 6.50. The van der Waals surface area contributed by atoms with Gasteiger partial charge in [-0.2, -0.15) is 0 Å². The molecule has 0 aliphatic rings. The summed E-state index contributed by atoms with van der Waals surface area (Å²) in [6.07, 6.45) is 6.40. The first-order valence-corrected chi connectivity index (χ1v) is 9.02. The largest absolute Gasteiger partial charge is 0.474 e. The van der Waals surface area contributed by atoms with Crippen molar-refractivity contribution < 1.29 is 9.47 Å². The van der Waals surface area contributed by atoms with Gasteiger partial charge in [0.2, 0.25) is 11.8 Å². The molecule has 0 spiro atoms. The van der Waals surface area contributed by atoms with Crippen molar-refractivity contribution in [2.75, 3.05) is 6.61 Å². The number of rotatable bonds is 8. The molecule has 0 aromatic carbocycles. The lowest BCUT2D eigenvalue weighted by molar-refractivity contribution is 0.213. The van der Waals surface area contributed by atoms with E-state index in [2.05, 4.69) is 6.92 Å². The van der Waals surface area contributed by atoms with Crippen LogP contribution in [0.2, 0.25) is 0 Å². The average molecular weight is 447 g/mol. The Bertz CT molecular complexity index is 418. The van der Waals surface area contributed by atoms with Gasteiger partial charge in [0, 0.05) is 0 Å². The van der Waals surface area contributed by atoms with Gasteiger partial charge in [-0.15, -0.1) is 0 Å². The highest BCUT2D eigenvalue weighted by Gasteiger charge is 2.30. The lowest BCUT2D eigenvalue weighted by atomic mass is 10.1. The molecule has 0 fully saturated rings. The highest BCUT2D eigenvalue weighted by molar-refractivity contribution is 6.76. The Morgan fingerprint density at radius 2 is 1.57 bits per heavy atom. The SMILES string of the molecule is CCCCCC(/C=C\COC(=N)C(Cl)(Cl)Cl)OC(=N)C(Cl)(Cl)Cl. The van der Waals surface area contributed by atoms with Gasteiger partial charge < -0.3 is 9.47 Å². The predicted molar refractivity (Wildman–Crippen MR) is 100 cm³/mol. The number of hydrogen-bond acceptors (Lipinski definition) is 4. The van der Waals surface area contributed by atoms with Gasteiger partial charge in [-0.25, -0.2) is 0 Å². The van der Waals surface area contributed by atoms with Gasteiger partial charge in [-0.3, -0.25) is 10.8 Å². The normalized spacial score (nSPS) is 13.9. The maximum Gasteiger partial charge on any atom is 0.265 e. The Morgan fingerprint density at radius 3 is 2.04 bits per heavy atom. The van der Waals surface area contributed by atoms with Crippen LogP contribution < -0.4 is 0 Å². The minimum Gasteiger partial charge on any atom is -0.474 e. The summed E-state index contributed by atoms with van der Waals surface area (Å²) in [6, 6.07) is 0. The zero-order valence-electron chi connectivity index (χ0n) is 12.4. The van der Waals surface area contributed by atoms with E-state index in [4.69, 9.17) is 89.9 Å². The van der Waals surface area contributed by atoms with Gasteiger partial charge >= 0.3 is 0 Å². The van der Waals surface area contributed by atoms with Crippen molar-refractivity contribution in [2.45, 2.75) is 46.3 Å². The number of unbranched alkanes of at least 4 members (excludes halogenated alkanes) is 2. The van der Waals surface area contributed by atoms with Crippen molar-refractivity contribution in [1.29, 1.82) is 10.8 Å². The van der Waals surface area contributed by atoms with Gasteiger partial charge in [-0.1, -0.05) is 89.4 Å². The molecule has 4 nitrogen and oxygen atoms in total. The zero-order valence-corrected chi connectivity index (χ0v) is 16.9. The summed E-state index contributed by atoms with van der Waals surface area (Å²) in [5.74, 6) is -0.937. The van der Waals surface area contributed by atoms with Crippen molar-refractivity contribution in [1.82, 2.24) is 0 Å². The second-order valence-corrected chi connectivity index (χ2v) is 9.11. The average Bonchev–Trinajstić information content (AvgIpc) is 2.40. The number of alkyl halides is 6. The van der Waals surface area contributed by atoms with Crippen LogP contribution in [-0.4, -0.2) is 32.1 Å². The van der Waals surface area contributed by atoms with Gasteiger partial charge in [0.05, 0.1) is 0 Å². The van der Waals surface area contributed by atoms with Crippen LogP contribution in [0.3, 0.4) is 0 Å². The maximum atomic E-state index is 7.61. The molecule has 0 aromatic heterocycles. The molecule has 0 amide bonds. The van der Waals surface area contributed by atoms with Gasteiger partial charge in [-0.05, 0) is 25.0 Å². The molecule has 0 radical (unpaired) electrons. The highest BCUT2D eigenvalue weighted by Crippen LogP contribution is 2.29. The van der Waals surface area contributed by atoms with Crippen molar-refractivity contribution in [3.63, 3.8) is 0 Å². The minimum absolute atomic E-state index is 0.0154. The Hall–Kier alpha value is 0.420. The summed E-state index contributed by atoms with van der Waals surface area (Å²) in [5.41, 5.74) is 0. The molecule has 0 saturated heterocycles.